The van der Waals surface area contributed by atoms with E-state index in [1.54, 1.807) is 0 Å². The predicted molar refractivity (Wildman–Crippen MR) is 67.6 cm³/mol. The maximum atomic E-state index is 7.62. The highest BCUT2D eigenvalue weighted by Crippen LogP contribution is 2.15. The largest absolute Gasteiger partial charge is 0.394 e. The summed E-state index contributed by atoms with van der Waals surface area (Å²) in [4.78, 5) is 0. The maximum Gasteiger partial charge on any atom is 0.104 e. The second kappa shape index (κ2) is 10.7. The van der Waals surface area contributed by atoms with Crippen LogP contribution >= 0.6 is 0 Å². The number of aliphatic hydroxyl groups is 2. The molecule has 0 aromatic carbocycles. The number of epoxide rings is 2. The zero-order valence-corrected chi connectivity index (χ0v) is 11.1. The summed E-state index contributed by atoms with van der Waals surface area (Å²) in [5, 5.41) is 15.2. The first kappa shape index (κ1) is 15.9. The molecule has 0 bridgehead atoms. The average Bonchev–Trinajstić information content (AvgIpc) is 3.34. The molecule has 0 aromatic heterocycles. The van der Waals surface area contributed by atoms with Gasteiger partial charge in [-0.3, -0.25) is 0 Å². The summed E-state index contributed by atoms with van der Waals surface area (Å²) in [6.45, 7) is 3.01. The van der Waals surface area contributed by atoms with E-state index in [0.29, 0.717) is 12.2 Å². The number of ether oxygens (including phenoxy) is 3. The fourth-order valence-corrected chi connectivity index (χ4v) is 1.54. The van der Waals surface area contributed by atoms with Crippen molar-refractivity contribution in [2.24, 2.45) is 0 Å². The summed E-state index contributed by atoms with van der Waals surface area (Å²) >= 11 is 0. The quantitative estimate of drug-likeness (QED) is 0.714. The van der Waals surface area contributed by atoms with Crippen molar-refractivity contribution in [1.29, 1.82) is 0 Å². The zero-order valence-electron chi connectivity index (χ0n) is 11.1. The topological polar surface area (TPSA) is 74.8 Å². The van der Waals surface area contributed by atoms with E-state index in [4.69, 9.17) is 24.4 Å². The molecule has 1 saturated carbocycles. The van der Waals surface area contributed by atoms with E-state index in [-0.39, 0.29) is 13.2 Å². The van der Waals surface area contributed by atoms with E-state index in [1.807, 2.05) is 0 Å². The van der Waals surface area contributed by atoms with Crippen molar-refractivity contribution in [2.45, 2.75) is 44.3 Å². The highest BCUT2D eigenvalue weighted by molar-refractivity contribution is 4.71. The lowest BCUT2D eigenvalue weighted by atomic mass is 10.4. The predicted octanol–water partition coefficient (Wildman–Crippen LogP) is 0.722. The van der Waals surface area contributed by atoms with Crippen molar-refractivity contribution < 1.29 is 24.4 Å². The molecular formula is C13H26O5. The molecule has 3 rings (SSSR count). The minimum atomic E-state index is -0.125. The van der Waals surface area contributed by atoms with Gasteiger partial charge in [-0.25, -0.2) is 0 Å². The van der Waals surface area contributed by atoms with Gasteiger partial charge in [-0.2, -0.15) is 0 Å². The highest BCUT2D eigenvalue weighted by Gasteiger charge is 2.26. The van der Waals surface area contributed by atoms with Gasteiger partial charge in [0.15, 0.2) is 0 Å². The first-order chi connectivity index (χ1) is 8.86. The Morgan fingerprint density at radius 1 is 0.778 bits per heavy atom. The minimum absolute atomic E-state index is 0.125. The lowest BCUT2D eigenvalue weighted by molar-refractivity contribution is 0.102. The molecule has 18 heavy (non-hydrogen) atoms. The van der Waals surface area contributed by atoms with E-state index in [9.17, 15) is 0 Å². The van der Waals surface area contributed by atoms with Crippen LogP contribution in [0.1, 0.15) is 32.1 Å². The standard InChI is InChI=1S/C6H10O3.C5H10.C2H6O2/c1(5-3-8-5)7-2-6-4-9-6;1-2-4-5-3-1;3-1-2-4/h5-6H,1-4H2;1-5H2;3-4H,1-2H2. The third kappa shape index (κ3) is 10.9. The van der Waals surface area contributed by atoms with Crippen LogP contribution in [0.3, 0.4) is 0 Å². The molecular weight excluding hydrogens is 236 g/mol. The molecule has 5 heteroatoms. The van der Waals surface area contributed by atoms with Gasteiger partial charge in [0, 0.05) is 0 Å². The molecule has 0 radical (unpaired) electrons. The SMILES string of the molecule is C(OCC1CO1)C1CO1.C1CCCC1.OCCO. The highest BCUT2D eigenvalue weighted by atomic mass is 16.6. The van der Waals surface area contributed by atoms with Gasteiger partial charge in [-0.15, -0.1) is 0 Å². The minimum Gasteiger partial charge on any atom is -0.394 e. The molecule has 0 spiro atoms. The monoisotopic (exact) mass is 262 g/mol. The molecule has 2 aliphatic heterocycles. The van der Waals surface area contributed by atoms with Crippen molar-refractivity contribution in [2.75, 3.05) is 39.6 Å². The molecule has 1 aliphatic carbocycles. The molecule has 108 valence electrons. The molecule has 2 N–H and O–H groups in total. The van der Waals surface area contributed by atoms with E-state index in [1.165, 1.54) is 32.1 Å². The van der Waals surface area contributed by atoms with Crippen molar-refractivity contribution >= 4 is 0 Å². The number of aliphatic hydroxyl groups excluding tert-OH is 2. The van der Waals surface area contributed by atoms with Gasteiger partial charge in [-0.05, 0) is 0 Å². The Bertz CT molecular complexity index is 155. The van der Waals surface area contributed by atoms with Gasteiger partial charge in [0.25, 0.3) is 0 Å². The summed E-state index contributed by atoms with van der Waals surface area (Å²) < 4.78 is 15.1. The van der Waals surface area contributed by atoms with Crippen LogP contribution in [0.5, 0.6) is 0 Å². The first-order valence-corrected chi connectivity index (χ1v) is 6.89. The maximum absolute atomic E-state index is 7.62. The van der Waals surface area contributed by atoms with Crippen molar-refractivity contribution in [3.05, 3.63) is 0 Å². The van der Waals surface area contributed by atoms with Gasteiger partial charge in [0.1, 0.15) is 12.2 Å². The Balaban J connectivity index is 0.000000154. The summed E-state index contributed by atoms with van der Waals surface area (Å²) in [7, 11) is 0. The Morgan fingerprint density at radius 3 is 1.33 bits per heavy atom. The molecule has 2 saturated heterocycles. The van der Waals surface area contributed by atoms with E-state index < -0.39 is 0 Å². The van der Waals surface area contributed by atoms with Gasteiger partial charge >= 0.3 is 0 Å². The van der Waals surface area contributed by atoms with Crippen LogP contribution in [-0.2, 0) is 14.2 Å². The third-order valence-corrected chi connectivity index (χ3v) is 2.76. The van der Waals surface area contributed by atoms with Crippen molar-refractivity contribution in [3.8, 4) is 0 Å². The number of rotatable bonds is 5. The lowest BCUT2D eigenvalue weighted by Crippen LogP contribution is -2.06. The van der Waals surface area contributed by atoms with Crippen LogP contribution in [0.2, 0.25) is 0 Å². The number of hydrogen-bond donors (Lipinski definition) is 2. The first-order valence-electron chi connectivity index (χ1n) is 6.89. The Hall–Kier alpha value is -0.200. The van der Waals surface area contributed by atoms with Gasteiger partial charge < -0.3 is 24.4 Å². The zero-order chi connectivity index (χ0) is 13.1. The Labute approximate surface area is 109 Å². The molecule has 0 aromatic rings. The van der Waals surface area contributed by atoms with E-state index in [0.717, 1.165) is 26.4 Å². The Morgan fingerprint density at radius 2 is 1.11 bits per heavy atom. The second-order valence-electron chi connectivity index (χ2n) is 4.66. The van der Waals surface area contributed by atoms with Crippen molar-refractivity contribution in [1.82, 2.24) is 0 Å². The molecule has 3 aliphatic rings. The molecule has 2 heterocycles. The van der Waals surface area contributed by atoms with Crippen LogP contribution in [0.25, 0.3) is 0 Å². The summed E-state index contributed by atoms with van der Waals surface area (Å²) in [5.74, 6) is 0. The normalized spacial score (nSPS) is 27.7. The second-order valence-corrected chi connectivity index (χ2v) is 4.66. The number of hydrogen-bond acceptors (Lipinski definition) is 5. The van der Waals surface area contributed by atoms with Crippen LogP contribution < -0.4 is 0 Å². The molecule has 0 amide bonds. The van der Waals surface area contributed by atoms with Gasteiger partial charge in [-0.1, -0.05) is 32.1 Å². The van der Waals surface area contributed by atoms with E-state index >= 15 is 0 Å². The molecule has 2 atom stereocenters. The van der Waals surface area contributed by atoms with Crippen molar-refractivity contribution in [3.63, 3.8) is 0 Å². The fraction of sp³-hybridized carbons (Fsp3) is 1.00. The summed E-state index contributed by atoms with van der Waals surface area (Å²) in [6.07, 6.45) is 8.28. The van der Waals surface area contributed by atoms with Crippen LogP contribution in [0.4, 0.5) is 0 Å². The van der Waals surface area contributed by atoms with Gasteiger partial charge in [0.05, 0.1) is 39.6 Å². The van der Waals surface area contributed by atoms with Crippen LogP contribution in [0, 0.1) is 0 Å². The molecule has 2 unspecified atom stereocenters. The average molecular weight is 262 g/mol. The summed E-state index contributed by atoms with van der Waals surface area (Å²) in [5.41, 5.74) is 0. The third-order valence-electron chi connectivity index (χ3n) is 2.76. The van der Waals surface area contributed by atoms with Crippen LogP contribution in [0.15, 0.2) is 0 Å². The molecule has 3 fully saturated rings. The Kier molecular flexibility index (Phi) is 9.42. The van der Waals surface area contributed by atoms with Crippen LogP contribution in [-0.4, -0.2) is 62.1 Å². The fourth-order valence-electron chi connectivity index (χ4n) is 1.54. The van der Waals surface area contributed by atoms with Gasteiger partial charge in [0.2, 0.25) is 0 Å². The lowest BCUT2D eigenvalue weighted by Gasteiger charge is -1.95. The van der Waals surface area contributed by atoms with E-state index in [2.05, 4.69) is 0 Å². The molecule has 5 nitrogen and oxygen atoms in total. The smallest absolute Gasteiger partial charge is 0.104 e. The summed E-state index contributed by atoms with van der Waals surface area (Å²) in [6, 6.07) is 0.